The van der Waals surface area contributed by atoms with Crippen LogP contribution in [0, 0.1) is 5.41 Å². The Hall–Kier alpha value is -1.59. The van der Waals surface area contributed by atoms with Crippen molar-refractivity contribution in [1.29, 1.82) is 0 Å². The van der Waals surface area contributed by atoms with Gasteiger partial charge in [0, 0.05) is 52.4 Å². The largest absolute Gasteiger partial charge is 0.378 e. The van der Waals surface area contributed by atoms with Crippen molar-refractivity contribution in [2.24, 2.45) is 10.4 Å². The fraction of sp³-hybridized carbons (Fsp3) is 0.720. The van der Waals surface area contributed by atoms with Crippen LogP contribution in [-0.2, 0) is 11.3 Å². The van der Waals surface area contributed by atoms with E-state index in [-0.39, 0.29) is 0 Å². The molecule has 0 amide bonds. The van der Waals surface area contributed by atoms with E-state index in [1.165, 1.54) is 44.3 Å². The first kappa shape index (κ1) is 21.6. The summed E-state index contributed by atoms with van der Waals surface area (Å²) < 4.78 is 6.18. The highest BCUT2D eigenvalue weighted by Crippen LogP contribution is 2.47. The molecule has 0 radical (unpaired) electrons. The van der Waals surface area contributed by atoms with Gasteiger partial charge in [-0.25, -0.2) is 0 Å². The highest BCUT2D eigenvalue weighted by atomic mass is 16.5. The fourth-order valence-electron chi connectivity index (χ4n) is 5.20. The normalized spacial score (nSPS) is 22.4. The molecule has 3 aliphatic rings. The minimum absolute atomic E-state index is 0.422. The van der Waals surface area contributed by atoms with Gasteiger partial charge in [-0.15, -0.1) is 0 Å². The van der Waals surface area contributed by atoms with E-state index >= 15 is 0 Å². The van der Waals surface area contributed by atoms with E-state index in [2.05, 4.69) is 52.4 Å². The molecule has 1 aromatic carbocycles. The second kappa shape index (κ2) is 10.6. The van der Waals surface area contributed by atoms with Gasteiger partial charge in [0.1, 0.15) is 0 Å². The van der Waals surface area contributed by atoms with Crippen LogP contribution < -0.4 is 5.32 Å². The highest BCUT2D eigenvalue weighted by Gasteiger charge is 2.43. The average molecular weight is 413 g/mol. The highest BCUT2D eigenvalue weighted by molar-refractivity contribution is 5.80. The Balaban J connectivity index is 1.12. The van der Waals surface area contributed by atoms with E-state index in [0.717, 1.165) is 64.6 Å². The lowest BCUT2D eigenvalue weighted by Crippen LogP contribution is -2.42. The Bertz CT molecular complexity index is 665. The zero-order chi connectivity index (χ0) is 20.7. The SMILES string of the molecule is CCNC(=NCCCOC1CCN(Cc2ccccc2)CC1)N1CCC2(CCC2)C1. The molecule has 1 N–H and O–H groups in total. The van der Waals surface area contributed by atoms with Crippen LogP contribution >= 0.6 is 0 Å². The quantitative estimate of drug-likeness (QED) is 0.399. The summed E-state index contributed by atoms with van der Waals surface area (Å²) in [5.74, 6) is 1.12. The van der Waals surface area contributed by atoms with E-state index in [4.69, 9.17) is 9.73 Å². The van der Waals surface area contributed by atoms with E-state index in [1.807, 2.05) is 0 Å². The maximum atomic E-state index is 6.18. The monoisotopic (exact) mass is 412 g/mol. The Morgan fingerprint density at radius 2 is 1.93 bits per heavy atom. The van der Waals surface area contributed by atoms with Crippen molar-refractivity contribution >= 4 is 5.96 Å². The van der Waals surface area contributed by atoms with Crippen LogP contribution in [0.15, 0.2) is 35.3 Å². The van der Waals surface area contributed by atoms with Gasteiger partial charge in [0.2, 0.25) is 0 Å². The Labute approximate surface area is 182 Å². The molecule has 1 saturated carbocycles. The van der Waals surface area contributed by atoms with Gasteiger partial charge in [0.05, 0.1) is 6.10 Å². The van der Waals surface area contributed by atoms with Gasteiger partial charge >= 0.3 is 0 Å². The van der Waals surface area contributed by atoms with Gasteiger partial charge < -0.3 is 15.0 Å². The van der Waals surface area contributed by atoms with Crippen LogP contribution in [0.5, 0.6) is 0 Å². The molecule has 2 saturated heterocycles. The van der Waals surface area contributed by atoms with Gasteiger partial charge in [0.15, 0.2) is 5.96 Å². The number of hydrogen-bond donors (Lipinski definition) is 1. The molecule has 1 spiro atoms. The predicted molar refractivity (Wildman–Crippen MR) is 124 cm³/mol. The standard InChI is InChI=1S/C25H40N4O/c1-2-26-24(29-18-14-25(21-29)12-6-13-25)27-15-7-19-30-23-10-16-28(17-11-23)20-22-8-4-3-5-9-22/h3-5,8-9,23H,2,6-7,10-21H2,1H3,(H,26,27). The first-order valence-electron chi connectivity index (χ1n) is 12.2. The molecule has 5 heteroatoms. The second-order valence-electron chi connectivity index (χ2n) is 9.45. The van der Waals surface area contributed by atoms with Crippen molar-refractivity contribution < 1.29 is 4.74 Å². The molecule has 3 fully saturated rings. The molecule has 2 aliphatic heterocycles. The summed E-state index contributed by atoms with van der Waals surface area (Å²) in [5.41, 5.74) is 2.03. The van der Waals surface area contributed by atoms with Gasteiger partial charge in [0.25, 0.3) is 0 Å². The van der Waals surface area contributed by atoms with Crippen molar-refractivity contribution in [3.63, 3.8) is 0 Å². The summed E-state index contributed by atoms with van der Waals surface area (Å²) in [6.07, 6.45) is 9.34. The van der Waals surface area contributed by atoms with Crippen LogP contribution in [0.4, 0.5) is 0 Å². The predicted octanol–water partition coefficient (Wildman–Crippen LogP) is 3.90. The zero-order valence-electron chi connectivity index (χ0n) is 18.8. The first-order chi connectivity index (χ1) is 14.8. The third kappa shape index (κ3) is 5.76. The van der Waals surface area contributed by atoms with Crippen LogP contribution in [0.3, 0.4) is 0 Å². The molecular formula is C25H40N4O. The summed E-state index contributed by atoms with van der Waals surface area (Å²) in [6, 6.07) is 10.8. The third-order valence-corrected chi connectivity index (χ3v) is 7.19. The molecule has 166 valence electrons. The van der Waals surface area contributed by atoms with E-state index < -0.39 is 0 Å². The van der Waals surface area contributed by atoms with Crippen LogP contribution in [0.2, 0.25) is 0 Å². The lowest BCUT2D eigenvalue weighted by molar-refractivity contribution is 0.00564. The number of nitrogens with one attached hydrogen (secondary N) is 1. The Kier molecular flexibility index (Phi) is 7.67. The van der Waals surface area contributed by atoms with E-state index in [9.17, 15) is 0 Å². The lowest BCUT2D eigenvalue weighted by atomic mass is 9.68. The number of hydrogen-bond acceptors (Lipinski definition) is 3. The molecule has 2 heterocycles. The number of nitrogens with zero attached hydrogens (tertiary/aromatic N) is 3. The Morgan fingerprint density at radius 3 is 2.60 bits per heavy atom. The molecule has 5 nitrogen and oxygen atoms in total. The molecule has 1 aromatic rings. The van der Waals surface area contributed by atoms with Crippen LogP contribution in [0.25, 0.3) is 0 Å². The topological polar surface area (TPSA) is 40.1 Å². The number of aliphatic imine (C=N–C) groups is 1. The van der Waals surface area contributed by atoms with Gasteiger partial charge in [-0.3, -0.25) is 9.89 Å². The van der Waals surface area contributed by atoms with Gasteiger partial charge in [-0.2, -0.15) is 0 Å². The van der Waals surface area contributed by atoms with Crippen molar-refractivity contribution in [3.8, 4) is 0 Å². The van der Waals surface area contributed by atoms with E-state index in [0.29, 0.717) is 11.5 Å². The number of likely N-dealkylation sites (tertiary alicyclic amines) is 2. The number of rotatable bonds is 8. The number of guanidine groups is 1. The lowest BCUT2D eigenvalue weighted by Gasteiger charge is -2.38. The third-order valence-electron chi connectivity index (χ3n) is 7.19. The maximum Gasteiger partial charge on any atom is 0.193 e. The smallest absolute Gasteiger partial charge is 0.193 e. The molecule has 1 aliphatic carbocycles. The molecular weight excluding hydrogens is 372 g/mol. The van der Waals surface area contributed by atoms with Crippen LogP contribution in [0.1, 0.15) is 57.4 Å². The summed E-state index contributed by atoms with van der Waals surface area (Å²) in [4.78, 5) is 9.94. The van der Waals surface area contributed by atoms with Crippen molar-refractivity contribution in [3.05, 3.63) is 35.9 Å². The molecule has 0 unspecified atom stereocenters. The summed E-state index contributed by atoms with van der Waals surface area (Å²) in [7, 11) is 0. The van der Waals surface area contributed by atoms with Crippen molar-refractivity contribution in [2.45, 2.75) is 64.5 Å². The summed E-state index contributed by atoms with van der Waals surface area (Å²) in [5, 5.41) is 3.51. The average Bonchev–Trinajstić information content (AvgIpc) is 3.21. The maximum absolute atomic E-state index is 6.18. The molecule has 0 aromatic heterocycles. The fourth-order valence-corrected chi connectivity index (χ4v) is 5.20. The molecule has 0 bridgehead atoms. The second-order valence-corrected chi connectivity index (χ2v) is 9.45. The molecule has 4 rings (SSSR count). The summed E-state index contributed by atoms with van der Waals surface area (Å²) >= 11 is 0. The van der Waals surface area contributed by atoms with Crippen molar-refractivity contribution in [2.75, 3.05) is 45.9 Å². The summed E-state index contributed by atoms with van der Waals surface area (Å²) in [6.45, 7) is 10.5. The number of ether oxygens (including phenoxy) is 1. The molecule has 0 atom stereocenters. The van der Waals surface area contributed by atoms with Crippen molar-refractivity contribution in [1.82, 2.24) is 15.1 Å². The minimum atomic E-state index is 0.422. The number of benzene rings is 1. The van der Waals surface area contributed by atoms with E-state index in [1.54, 1.807) is 0 Å². The first-order valence-corrected chi connectivity index (χ1v) is 12.2. The zero-order valence-corrected chi connectivity index (χ0v) is 18.8. The molecule has 30 heavy (non-hydrogen) atoms. The van der Waals surface area contributed by atoms with Gasteiger partial charge in [-0.05, 0) is 56.4 Å². The number of piperidine rings is 1. The van der Waals surface area contributed by atoms with Crippen LogP contribution in [-0.4, -0.2) is 67.7 Å². The van der Waals surface area contributed by atoms with Gasteiger partial charge in [-0.1, -0.05) is 36.8 Å². The Morgan fingerprint density at radius 1 is 1.13 bits per heavy atom. The minimum Gasteiger partial charge on any atom is -0.378 e.